The van der Waals surface area contributed by atoms with Gasteiger partial charge in [-0.05, 0) is 55.8 Å². The third kappa shape index (κ3) is 7.11. The van der Waals surface area contributed by atoms with Gasteiger partial charge in [0.1, 0.15) is 5.75 Å². The maximum absolute atomic E-state index is 11.9. The second kappa shape index (κ2) is 10.7. The minimum absolute atomic E-state index is 0.0372. The summed E-state index contributed by atoms with van der Waals surface area (Å²) in [6.07, 6.45) is 0.0372. The SMILES string of the molecule is CCOC(=O)c1ccc(NC(=O)COC(=O)CCOc2cccc(C)c2)cc1. The lowest BCUT2D eigenvalue weighted by Gasteiger charge is -2.08. The monoisotopic (exact) mass is 385 g/mol. The van der Waals surface area contributed by atoms with Crippen LogP contribution in [0.15, 0.2) is 48.5 Å². The van der Waals surface area contributed by atoms with Crippen LogP contribution in [0.25, 0.3) is 0 Å². The van der Waals surface area contributed by atoms with Crippen LogP contribution in [-0.4, -0.2) is 37.7 Å². The molecule has 0 aliphatic heterocycles. The zero-order valence-corrected chi connectivity index (χ0v) is 15.9. The number of rotatable bonds is 9. The van der Waals surface area contributed by atoms with E-state index in [1.807, 2.05) is 25.1 Å². The van der Waals surface area contributed by atoms with Crippen molar-refractivity contribution < 1.29 is 28.6 Å². The molecule has 1 N–H and O–H groups in total. The van der Waals surface area contributed by atoms with Gasteiger partial charge in [-0.2, -0.15) is 0 Å². The second-order valence-corrected chi connectivity index (χ2v) is 5.92. The van der Waals surface area contributed by atoms with Gasteiger partial charge in [0.25, 0.3) is 5.91 Å². The van der Waals surface area contributed by atoms with Crippen molar-refractivity contribution in [1.29, 1.82) is 0 Å². The summed E-state index contributed by atoms with van der Waals surface area (Å²) in [6.45, 7) is 3.73. The quantitative estimate of drug-likeness (QED) is 0.667. The number of anilines is 1. The lowest BCUT2D eigenvalue weighted by molar-refractivity contribution is -0.147. The Kier molecular flexibility index (Phi) is 8.02. The first-order valence-electron chi connectivity index (χ1n) is 8.90. The van der Waals surface area contributed by atoms with Crippen molar-refractivity contribution in [2.45, 2.75) is 20.3 Å². The molecule has 7 heteroatoms. The highest BCUT2D eigenvalue weighted by Crippen LogP contribution is 2.13. The van der Waals surface area contributed by atoms with Crippen molar-refractivity contribution in [2.75, 3.05) is 25.1 Å². The fourth-order valence-corrected chi connectivity index (χ4v) is 2.28. The molecule has 0 aromatic heterocycles. The molecule has 0 fully saturated rings. The van der Waals surface area contributed by atoms with Crippen LogP contribution >= 0.6 is 0 Å². The molecule has 2 aromatic carbocycles. The molecule has 0 bridgehead atoms. The minimum atomic E-state index is -0.527. The fourth-order valence-electron chi connectivity index (χ4n) is 2.28. The molecule has 0 unspecified atom stereocenters. The number of esters is 2. The van der Waals surface area contributed by atoms with E-state index in [0.29, 0.717) is 23.6 Å². The molecule has 7 nitrogen and oxygen atoms in total. The maximum Gasteiger partial charge on any atom is 0.338 e. The number of aryl methyl sites for hydroxylation is 1. The van der Waals surface area contributed by atoms with Crippen molar-refractivity contribution in [3.63, 3.8) is 0 Å². The Hall–Kier alpha value is -3.35. The van der Waals surface area contributed by atoms with Crippen LogP contribution in [0.5, 0.6) is 5.75 Å². The van der Waals surface area contributed by atoms with Crippen molar-refractivity contribution >= 4 is 23.5 Å². The molecule has 0 saturated heterocycles. The summed E-state index contributed by atoms with van der Waals surface area (Å²) >= 11 is 0. The zero-order valence-electron chi connectivity index (χ0n) is 15.9. The lowest BCUT2D eigenvalue weighted by atomic mass is 10.2. The minimum Gasteiger partial charge on any atom is -0.493 e. The van der Waals surface area contributed by atoms with Gasteiger partial charge in [-0.25, -0.2) is 4.79 Å². The predicted octanol–water partition coefficient (Wildman–Crippen LogP) is 3.12. The normalized spacial score (nSPS) is 10.1. The highest BCUT2D eigenvalue weighted by molar-refractivity contribution is 5.94. The first-order chi connectivity index (χ1) is 13.5. The van der Waals surface area contributed by atoms with E-state index in [2.05, 4.69) is 5.32 Å². The van der Waals surface area contributed by atoms with Crippen LogP contribution in [0, 0.1) is 6.92 Å². The number of amides is 1. The number of ether oxygens (including phenoxy) is 3. The molecule has 0 saturated carbocycles. The summed E-state index contributed by atoms with van der Waals surface area (Å²) in [4.78, 5) is 35.1. The predicted molar refractivity (Wildman–Crippen MR) is 103 cm³/mol. The summed E-state index contributed by atoms with van der Waals surface area (Å²) in [5, 5.41) is 2.58. The number of carbonyl (C=O) groups is 3. The Morgan fingerprint density at radius 3 is 2.43 bits per heavy atom. The number of carbonyl (C=O) groups excluding carboxylic acids is 3. The van der Waals surface area contributed by atoms with E-state index >= 15 is 0 Å². The second-order valence-electron chi connectivity index (χ2n) is 5.92. The molecular formula is C21H23NO6. The largest absolute Gasteiger partial charge is 0.493 e. The summed E-state index contributed by atoms with van der Waals surface area (Å²) < 4.78 is 15.3. The summed E-state index contributed by atoms with van der Waals surface area (Å²) in [7, 11) is 0. The van der Waals surface area contributed by atoms with Crippen LogP contribution in [0.1, 0.15) is 29.3 Å². The van der Waals surface area contributed by atoms with E-state index in [0.717, 1.165) is 5.56 Å². The van der Waals surface area contributed by atoms with Crippen molar-refractivity contribution in [2.24, 2.45) is 0 Å². The lowest BCUT2D eigenvalue weighted by Crippen LogP contribution is -2.21. The third-order valence-corrected chi connectivity index (χ3v) is 3.61. The van der Waals surface area contributed by atoms with E-state index in [1.54, 1.807) is 37.3 Å². The van der Waals surface area contributed by atoms with Crippen molar-refractivity contribution in [1.82, 2.24) is 0 Å². The molecule has 28 heavy (non-hydrogen) atoms. The summed E-state index contributed by atoms with van der Waals surface area (Å²) in [6, 6.07) is 13.7. The standard InChI is InChI=1S/C21H23NO6/c1-3-26-21(25)16-7-9-17(10-8-16)22-19(23)14-28-20(24)11-12-27-18-6-4-5-15(2)13-18/h4-10,13H,3,11-12,14H2,1-2H3,(H,22,23). The average molecular weight is 385 g/mol. The molecule has 2 rings (SSSR count). The molecular weight excluding hydrogens is 362 g/mol. The smallest absolute Gasteiger partial charge is 0.338 e. The van der Waals surface area contributed by atoms with Gasteiger partial charge in [-0.1, -0.05) is 12.1 Å². The Morgan fingerprint density at radius 1 is 1.00 bits per heavy atom. The highest BCUT2D eigenvalue weighted by atomic mass is 16.5. The van der Waals surface area contributed by atoms with E-state index < -0.39 is 24.5 Å². The van der Waals surface area contributed by atoms with Gasteiger partial charge in [0.2, 0.25) is 0 Å². The third-order valence-electron chi connectivity index (χ3n) is 3.61. The number of hydrogen-bond donors (Lipinski definition) is 1. The van der Waals surface area contributed by atoms with Gasteiger partial charge in [0, 0.05) is 5.69 Å². The molecule has 0 spiro atoms. The van der Waals surface area contributed by atoms with Crippen LogP contribution < -0.4 is 10.1 Å². The van der Waals surface area contributed by atoms with Gasteiger partial charge in [0.05, 0.1) is 25.2 Å². The Labute approximate surface area is 163 Å². The molecule has 148 valence electrons. The molecule has 0 radical (unpaired) electrons. The zero-order chi connectivity index (χ0) is 20.4. The molecule has 2 aromatic rings. The molecule has 1 amide bonds. The van der Waals surface area contributed by atoms with Crippen molar-refractivity contribution in [3.8, 4) is 5.75 Å². The Bertz CT molecular complexity index is 816. The maximum atomic E-state index is 11.9. The fraction of sp³-hybridized carbons (Fsp3) is 0.286. The van der Waals surface area contributed by atoms with Gasteiger partial charge < -0.3 is 19.5 Å². The van der Waals surface area contributed by atoms with Crippen molar-refractivity contribution in [3.05, 3.63) is 59.7 Å². The first-order valence-corrected chi connectivity index (χ1v) is 8.90. The van der Waals surface area contributed by atoms with E-state index in [9.17, 15) is 14.4 Å². The summed E-state index contributed by atoms with van der Waals surface area (Å²) in [5.41, 5.74) is 1.93. The van der Waals surface area contributed by atoms with Crippen LogP contribution in [0.2, 0.25) is 0 Å². The Balaban J connectivity index is 1.68. The molecule has 0 atom stereocenters. The summed E-state index contributed by atoms with van der Waals surface area (Å²) in [5.74, 6) is -0.753. The van der Waals surface area contributed by atoms with Gasteiger partial charge in [0.15, 0.2) is 6.61 Å². The van der Waals surface area contributed by atoms with Gasteiger partial charge >= 0.3 is 11.9 Å². The first kappa shape index (κ1) is 21.0. The van der Waals surface area contributed by atoms with Crippen LogP contribution in [0.3, 0.4) is 0 Å². The number of nitrogens with one attached hydrogen (secondary N) is 1. The average Bonchev–Trinajstić information content (AvgIpc) is 2.67. The highest BCUT2D eigenvalue weighted by Gasteiger charge is 2.10. The van der Waals surface area contributed by atoms with E-state index in [1.165, 1.54) is 0 Å². The number of benzene rings is 2. The molecule has 0 heterocycles. The van der Waals surface area contributed by atoms with Crippen LogP contribution in [-0.2, 0) is 19.1 Å². The van der Waals surface area contributed by atoms with Crippen LogP contribution in [0.4, 0.5) is 5.69 Å². The van der Waals surface area contributed by atoms with Gasteiger partial charge in [-0.15, -0.1) is 0 Å². The van der Waals surface area contributed by atoms with E-state index in [-0.39, 0.29) is 13.0 Å². The topological polar surface area (TPSA) is 90.9 Å². The Morgan fingerprint density at radius 2 is 1.75 bits per heavy atom. The van der Waals surface area contributed by atoms with E-state index in [4.69, 9.17) is 14.2 Å². The van der Waals surface area contributed by atoms with Gasteiger partial charge in [-0.3, -0.25) is 9.59 Å². The molecule has 0 aliphatic carbocycles. The number of hydrogen-bond acceptors (Lipinski definition) is 6. The molecule has 0 aliphatic rings.